The number of fused-ring (bicyclic) bond motifs is 1. The van der Waals surface area contributed by atoms with Crippen molar-refractivity contribution in [3.05, 3.63) is 53.4 Å². The molecule has 2 aliphatic rings. The number of carbonyl (C=O) groups is 3. The van der Waals surface area contributed by atoms with Crippen LogP contribution in [0.1, 0.15) is 30.9 Å². The van der Waals surface area contributed by atoms with E-state index in [2.05, 4.69) is 28.4 Å². The van der Waals surface area contributed by atoms with Gasteiger partial charge < -0.3 is 20.3 Å². The molecule has 1 aromatic heterocycles. The van der Waals surface area contributed by atoms with E-state index in [1.807, 2.05) is 10.9 Å². The minimum atomic E-state index is -0.644. The zero-order chi connectivity index (χ0) is 26.5. The number of halogens is 2. The lowest BCUT2D eigenvalue weighted by Gasteiger charge is -2.35. The minimum Gasteiger partial charge on any atom is -0.483 e. The van der Waals surface area contributed by atoms with E-state index >= 15 is 0 Å². The summed E-state index contributed by atoms with van der Waals surface area (Å²) in [5, 5.41) is 20.9. The number of carbonyl (C=O) groups excluding carboxylic acids is 1. The highest BCUT2D eigenvalue weighted by Crippen LogP contribution is 2.36. The lowest BCUT2D eigenvalue weighted by Crippen LogP contribution is -2.41. The van der Waals surface area contributed by atoms with Crippen molar-refractivity contribution in [2.24, 2.45) is 11.8 Å². The first-order valence-corrected chi connectivity index (χ1v) is 11.6. The van der Waals surface area contributed by atoms with Crippen LogP contribution in [0.3, 0.4) is 0 Å². The highest BCUT2D eigenvalue weighted by atomic mass is 19.1. The maximum atomic E-state index is 13.3. The largest absolute Gasteiger partial charge is 0.483 e. The highest BCUT2D eigenvalue weighted by Gasteiger charge is 2.41. The van der Waals surface area contributed by atoms with Crippen molar-refractivity contribution in [3.63, 3.8) is 0 Å². The molecule has 0 radical (unpaired) electrons. The monoisotopic (exact) mass is 510 g/mol. The molecule has 0 bridgehead atoms. The van der Waals surface area contributed by atoms with Gasteiger partial charge >= 0.3 is 0 Å². The average Bonchev–Trinajstić information content (AvgIpc) is 3.45. The second kappa shape index (κ2) is 14.9. The number of benzene rings is 1. The van der Waals surface area contributed by atoms with Crippen molar-refractivity contribution < 1.29 is 38.1 Å². The van der Waals surface area contributed by atoms with E-state index in [9.17, 15) is 13.6 Å². The van der Waals surface area contributed by atoms with E-state index < -0.39 is 11.6 Å². The van der Waals surface area contributed by atoms with Gasteiger partial charge in [-0.25, -0.2) is 8.78 Å². The molecule has 4 rings (SSSR count). The number of amides is 1. The predicted molar refractivity (Wildman–Crippen MR) is 125 cm³/mol. The summed E-state index contributed by atoms with van der Waals surface area (Å²) in [6, 6.07) is 3.27. The second-order valence-corrected chi connectivity index (χ2v) is 8.49. The molecule has 2 aliphatic heterocycles. The number of ether oxygens (including phenoxy) is 1. The third kappa shape index (κ3) is 9.00. The molecule has 1 aromatic carbocycles. The number of rotatable bonds is 7. The van der Waals surface area contributed by atoms with Crippen LogP contribution in [0.25, 0.3) is 0 Å². The second-order valence-electron chi connectivity index (χ2n) is 8.49. The molecule has 0 saturated carbocycles. The number of carboxylic acid groups (broad SMARTS) is 2. The fourth-order valence-electron chi connectivity index (χ4n) is 4.60. The Balaban J connectivity index is 0.000000693. The van der Waals surface area contributed by atoms with E-state index in [0.29, 0.717) is 24.0 Å². The van der Waals surface area contributed by atoms with Crippen LogP contribution in [0.5, 0.6) is 0 Å². The summed E-state index contributed by atoms with van der Waals surface area (Å²) in [5.74, 6) is -0.642. The molecule has 1 amide bonds. The molecule has 3 atom stereocenters. The molecule has 12 heteroatoms. The maximum Gasteiger partial charge on any atom is 0.290 e. The van der Waals surface area contributed by atoms with Crippen molar-refractivity contribution in [1.29, 1.82) is 0 Å². The standard InChI is InChI=1S/C22H28F2N4O2.2CH2O2/c1-2-28-12-16(10-26-28)11-27-4-3-20-17(13-27)14-30-21(20)8-22(29)25-9-15-5-18(23)7-19(24)6-15;2*2-1-3/h5-7,10,12,17,20-21H,2-4,8-9,11,13-14H2,1H3,(H,25,29);2*1H,(H,2,3)/t17-,20-,21+;;/m1../s1. The molecule has 10 nitrogen and oxygen atoms in total. The first-order chi connectivity index (χ1) is 17.3. The fourth-order valence-corrected chi connectivity index (χ4v) is 4.60. The van der Waals surface area contributed by atoms with Gasteiger partial charge in [0.15, 0.2) is 0 Å². The summed E-state index contributed by atoms with van der Waals surface area (Å²) in [6.07, 6.45) is 5.21. The number of likely N-dealkylation sites (tertiary alicyclic amines) is 1. The molecule has 2 saturated heterocycles. The molecule has 2 fully saturated rings. The van der Waals surface area contributed by atoms with E-state index in [-0.39, 0.29) is 37.9 Å². The van der Waals surface area contributed by atoms with Gasteiger partial charge in [-0.3, -0.25) is 24.0 Å². The van der Waals surface area contributed by atoms with Crippen LogP contribution in [0.15, 0.2) is 30.6 Å². The van der Waals surface area contributed by atoms with Gasteiger partial charge in [-0.2, -0.15) is 5.10 Å². The Bertz CT molecular complexity index is 963. The van der Waals surface area contributed by atoms with Crippen molar-refractivity contribution in [2.45, 2.75) is 45.5 Å². The smallest absolute Gasteiger partial charge is 0.290 e. The van der Waals surface area contributed by atoms with Gasteiger partial charge in [-0.1, -0.05) is 0 Å². The summed E-state index contributed by atoms with van der Waals surface area (Å²) < 4.78 is 34.4. The quantitative estimate of drug-likeness (QED) is 0.483. The number of hydrogen-bond donors (Lipinski definition) is 3. The van der Waals surface area contributed by atoms with Gasteiger partial charge in [0, 0.05) is 49.9 Å². The topological polar surface area (TPSA) is 134 Å². The summed E-state index contributed by atoms with van der Waals surface area (Å²) in [4.78, 5) is 31.5. The van der Waals surface area contributed by atoms with Crippen LogP contribution < -0.4 is 5.32 Å². The summed E-state index contributed by atoms with van der Waals surface area (Å²) in [7, 11) is 0. The first kappa shape index (κ1) is 28.9. The highest BCUT2D eigenvalue weighted by molar-refractivity contribution is 5.76. The molecule has 3 heterocycles. The van der Waals surface area contributed by atoms with Crippen molar-refractivity contribution >= 4 is 18.9 Å². The number of nitrogens with one attached hydrogen (secondary N) is 1. The van der Waals surface area contributed by atoms with E-state index in [1.165, 1.54) is 17.7 Å². The average molecular weight is 511 g/mol. The van der Waals surface area contributed by atoms with E-state index in [4.69, 9.17) is 24.5 Å². The molecule has 2 aromatic rings. The Labute approximate surface area is 207 Å². The number of hydrogen-bond acceptors (Lipinski definition) is 6. The van der Waals surface area contributed by atoms with Crippen LogP contribution in [0, 0.1) is 23.5 Å². The van der Waals surface area contributed by atoms with Crippen LogP contribution in [-0.4, -0.2) is 69.5 Å². The van der Waals surface area contributed by atoms with Gasteiger partial charge in [0.2, 0.25) is 5.91 Å². The van der Waals surface area contributed by atoms with Crippen molar-refractivity contribution in [3.8, 4) is 0 Å². The number of piperidine rings is 1. The third-order valence-electron chi connectivity index (χ3n) is 6.09. The molecule has 0 spiro atoms. The molecule has 0 aliphatic carbocycles. The van der Waals surface area contributed by atoms with E-state index in [1.54, 1.807) is 0 Å². The van der Waals surface area contributed by atoms with Gasteiger partial charge in [0.05, 0.1) is 25.3 Å². The van der Waals surface area contributed by atoms with Crippen LogP contribution >= 0.6 is 0 Å². The summed E-state index contributed by atoms with van der Waals surface area (Å²) >= 11 is 0. The van der Waals surface area contributed by atoms with Gasteiger partial charge in [-0.05, 0) is 43.5 Å². The summed E-state index contributed by atoms with van der Waals surface area (Å²) in [5.41, 5.74) is 1.63. The lowest BCUT2D eigenvalue weighted by molar-refractivity contribution is -0.124. The van der Waals surface area contributed by atoms with Crippen molar-refractivity contribution in [2.75, 3.05) is 19.7 Å². The van der Waals surface area contributed by atoms with E-state index in [0.717, 1.165) is 38.7 Å². The number of aryl methyl sites for hydroxylation is 1. The number of nitrogens with zero attached hydrogens (tertiary/aromatic N) is 3. The maximum absolute atomic E-state index is 13.3. The SMILES string of the molecule is CCn1cc(CN2CC[C@@H]3[C@@H](CO[C@H]3CC(=O)NCc3cc(F)cc(F)c3)C2)cn1.O=CO.O=CO. The zero-order valence-corrected chi connectivity index (χ0v) is 20.1. The molecule has 0 unspecified atom stereocenters. The molecule has 3 N–H and O–H groups in total. The minimum absolute atomic E-state index is 0.0933. The lowest BCUT2D eigenvalue weighted by atomic mass is 9.83. The summed E-state index contributed by atoms with van der Waals surface area (Å²) in [6.45, 7) is 6.04. The molecular formula is C24H32F2N4O6. The first-order valence-electron chi connectivity index (χ1n) is 11.6. The predicted octanol–water partition coefficient (Wildman–Crippen LogP) is 2.13. The van der Waals surface area contributed by atoms with Crippen LogP contribution in [0.4, 0.5) is 8.78 Å². The Morgan fingerprint density at radius 3 is 2.47 bits per heavy atom. The zero-order valence-electron chi connectivity index (χ0n) is 20.1. The number of aromatic nitrogens is 2. The van der Waals surface area contributed by atoms with Gasteiger partial charge in [0.25, 0.3) is 12.9 Å². The molecule has 198 valence electrons. The Morgan fingerprint density at radius 2 is 1.86 bits per heavy atom. The van der Waals surface area contributed by atoms with Gasteiger partial charge in [-0.15, -0.1) is 0 Å². The van der Waals surface area contributed by atoms with Gasteiger partial charge in [0.1, 0.15) is 11.6 Å². The fraction of sp³-hybridized carbons (Fsp3) is 0.500. The van der Waals surface area contributed by atoms with Crippen LogP contribution in [0.2, 0.25) is 0 Å². The van der Waals surface area contributed by atoms with Crippen LogP contribution in [-0.2, 0) is 38.8 Å². The third-order valence-corrected chi connectivity index (χ3v) is 6.09. The Kier molecular flexibility index (Phi) is 11.9. The Morgan fingerprint density at radius 1 is 1.19 bits per heavy atom. The van der Waals surface area contributed by atoms with Crippen molar-refractivity contribution in [1.82, 2.24) is 20.0 Å². The molecule has 36 heavy (non-hydrogen) atoms. The normalized spacial score (nSPS) is 20.7. The Hall–Kier alpha value is -3.38. The molecular weight excluding hydrogens is 478 g/mol.